The molecule has 3 nitrogen and oxygen atoms in total. The molecule has 0 radical (unpaired) electrons. The molecule has 0 aliphatic carbocycles. The van der Waals surface area contributed by atoms with Crippen molar-refractivity contribution in [3.63, 3.8) is 0 Å². The topological polar surface area (TPSA) is 38.5 Å². The average molecular weight is 234 g/mol. The Labute approximate surface area is 104 Å². The van der Waals surface area contributed by atoms with E-state index in [1.807, 2.05) is 0 Å². The SMILES string of the molecule is CCC(CN)(COC)N1Cc2ccccc2C1. The molecule has 2 rings (SSSR count). The minimum absolute atomic E-state index is 0.0201. The monoisotopic (exact) mass is 234 g/mol. The van der Waals surface area contributed by atoms with Gasteiger partial charge in [0.2, 0.25) is 0 Å². The van der Waals surface area contributed by atoms with Crippen LogP contribution in [0.15, 0.2) is 24.3 Å². The maximum atomic E-state index is 6.00. The van der Waals surface area contributed by atoms with Gasteiger partial charge in [0.15, 0.2) is 0 Å². The molecule has 1 atom stereocenters. The highest BCUT2D eigenvalue weighted by molar-refractivity contribution is 5.31. The molecule has 0 fully saturated rings. The molecule has 1 heterocycles. The van der Waals surface area contributed by atoms with Crippen LogP contribution in [0.3, 0.4) is 0 Å². The molecule has 3 heteroatoms. The average Bonchev–Trinajstić information content (AvgIpc) is 2.80. The summed E-state index contributed by atoms with van der Waals surface area (Å²) >= 11 is 0. The molecule has 0 amide bonds. The number of fused-ring (bicyclic) bond motifs is 1. The van der Waals surface area contributed by atoms with Crippen LogP contribution in [0.5, 0.6) is 0 Å². The summed E-state index contributed by atoms with van der Waals surface area (Å²) in [6.45, 7) is 5.52. The van der Waals surface area contributed by atoms with E-state index in [1.54, 1.807) is 7.11 Å². The Balaban J connectivity index is 2.19. The molecular weight excluding hydrogens is 212 g/mol. The fourth-order valence-electron chi connectivity index (χ4n) is 2.69. The van der Waals surface area contributed by atoms with E-state index in [4.69, 9.17) is 10.5 Å². The van der Waals surface area contributed by atoms with Gasteiger partial charge in [0.05, 0.1) is 12.1 Å². The lowest BCUT2D eigenvalue weighted by atomic mass is 9.95. The molecule has 2 N–H and O–H groups in total. The van der Waals surface area contributed by atoms with Crippen LogP contribution in [0.2, 0.25) is 0 Å². The second kappa shape index (κ2) is 5.17. The number of methoxy groups -OCH3 is 1. The fraction of sp³-hybridized carbons (Fsp3) is 0.571. The lowest BCUT2D eigenvalue weighted by molar-refractivity contribution is 0.00876. The summed E-state index contributed by atoms with van der Waals surface area (Å²) in [7, 11) is 1.75. The van der Waals surface area contributed by atoms with Gasteiger partial charge in [-0.1, -0.05) is 31.2 Å². The van der Waals surface area contributed by atoms with Crippen LogP contribution in [0.25, 0.3) is 0 Å². The standard InChI is InChI=1S/C14H22N2O/c1-3-14(10-15,11-17-2)16-8-12-6-4-5-7-13(12)9-16/h4-7H,3,8-11,15H2,1-2H3. The maximum absolute atomic E-state index is 6.00. The van der Waals surface area contributed by atoms with E-state index < -0.39 is 0 Å². The molecule has 17 heavy (non-hydrogen) atoms. The Morgan fingerprint density at radius 3 is 2.29 bits per heavy atom. The van der Waals surface area contributed by atoms with Crippen LogP contribution < -0.4 is 5.73 Å². The Morgan fingerprint density at radius 1 is 1.29 bits per heavy atom. The van der Waals surface area contributed by atoms with Gasteiger partial charge in [0, 0.05) is 26.7 Å². The third kappa shape index (κ3) is 2.23. The lowest BCUT2D eigenvalue weighted by Crippen LogP contribution is -2.54. The van der Waals surface area contributed by atoms with Gasteiger partial charge in [-0.15, -0.1) is 0 Å². The summed E-state index contributed by atoms with van der Waals surface area (Å²) in [5.74, 6) is 0. The van der Waals surface area contributed by atoms with Crippen molar-refractivity contribution in [2.45, 2.75) is 32.0 Å². The Bertz CT molecular complexity index is 349. The van der Waals surface area contributed by atoms with Crippen LogP contribution in [0.1, 0.15) is 24.5 Å². The number of hydrogen-bond donors (Lipinski definition) is 1. The van der Waals surface area contributed by atoms with E-state index in [0.29, 0.717) is 13.2 Å². The summed E-state index contributed by atoms with van der Waals surface area (Å²) < 4.78 is 5.38. The third-order valence-electron chi connectivity index (χ3n) is 3.96. The Kier molecular flexibility index (Phi) is 3.82. The van der Waals surface area contributed by atoms with Gasteiger partial charge in [0.1, 0.15) is 0 Å². The van der Waals surface area contributed by atoms with Crippen molar-refractivity contribution >= 4 is 0 Å². The molecule has 1 aliphatic heterocycles. The molecule has 1 aromatic rings. The molecule has 1 aromatic carbocycles. The molecular formula is C14H22N2O. The minimum atomic E-state index is -0.0201. The van der Waals surface area contributed by atoms with Gasteiger partial charge >= 0.3 is 0 Å². The number of nitrogens with two attached hydrogens (primary N) is 1. The van der Waals surface area contributed by atoms with Crippen LogP contribution in [0.4, 0.5) is 0 Å². The van der Waals surface area contributed by atoms with Crippen molar-refractivity contribution < 1.29 is 4.74 Å². The first-order valence-corrected chi connectivity index (χ1v) is 6.26. The smallest absolute Gasteiger partial charge is 0.0659 e. The van der Waals surface area contributed by atoms with E-state index in [0.717, 1.165) is 19.5 Å². The Hall–Kier alpha value is -0.900. The molecule has 0 saturated heterocycles. The van der Waals surface area contributed by atoms with Crippen molar-refractivity contribution in [1.29, 1.82) is 0 Å². The van der Waals surface area contributed by atoms with Crippen LogP contribution in [-0.2, 0) is 17.8 Å². The van der Waals surface area contributed by atoms with Gasteiger partial charge in [0.25, 0.3) is 0 Å². The van der Waals surface area contributed by atoms with E-state index in [2.05, 4.69) is 36.1 Å². The van der Waals surface area contributed by atoms with Crippen molar-refractivity contribution in [3.8, 4) is 0 Å². The zero-order valence-corrected chi connectivity index (χ0v) is 10.8. The summed E-state index contributed by atoms with van der Waals surface area (Å²) in [5, 5.41) is 0. The summed E-state index contributed by atoms with van der Waals surface area (Å²) in [6.07, 6.45) is 1.02. The van der Waals surface area contributed by atoms with E-state index in [1.165, 1.54) is 11.1 Å². The second-order valence-electron chi connectivity index (χ2n) is 4.84. The minimum Gasteiger partial charge on any atom is -0.383 e. The highest BCUT2D eigenvalue weighted by atomic mass is 16.5. The van der Waals surface area contributed by atoms with Crippen LogP contribution >= 0.6 is 0 Å². The Morgan fingerprint density at radius 2 is 1.88 bits per heavy atom. The highest BCUT2D eigenvalue weighted by Gasteiger charge is 2.37. The van der Waals surface area contributed by atoms with Gasteiger partial charge in [-0.2, -0.15) is 0 Å². The highest BCUT2D eigenvalue weighted by Crippen LogP contribution is 2.31. The second-order valence-corrected chi connectivity index (χ2v) is 4.84. The van der Waals surface area contributed by atoms with Gasteiger partial charge < -0.3 is 10.5 Å². The summed E-state index contributed by atoms with van der Waals surface area (Å²) in [6, 6.07) is 8.63. The third-order valence-corrected chi connectivity index (χ3v) is 3.96. The van der Waals surface area contributed by atoms with Crippen LogP contribution in [-0.4, -0.2) is 30.7 Å². The first-order chi connectivity index (χ1) is 8.25. The predicted octanol–water partition coefficient (Wildman–Crippen LogP) is 1.76. The fourth-order valence-corrected chi connectivity index (χ4v) is 2.69. The normalized spacial score (nSPS) is 19.0. The number of rotatable bonds is 5. The first-order valence-electron chi connectivity index (χ1n) is 6.26. The summed E-state index contributed by atoms with van der Waals surface area (Å²) in [4.78, 5) is 2.46. The van der Waals surface area contributed by atoms with E-state index >= 15 is 0 Å². The van der Waals surface area contributed by atoms with E-state index in [-0.39, 0.29) is 5.54 Å². The largest absolute Gasteiger partial charge is 0.383 e. The lowest BCUT2D eigenvalue weighted by Gasteiger charge is -2.39. The quantitative estimate of drug-likeness (QED) is 0.843. The van der Waals surface area contributed by atoms with Crippen molar-refractivity contribution in [3.05, 3.63) is 35.4 Å². The van der Waals surface area contributed by atoms with E-state index in [9.17, 15) is 0 Å². The molecule has 0 spiro atoms. The number of benzene rings is 1. The van der Waals surface area contributed by atoms with Crippen molar-refractivity contribution in [1.82, 2.24) is 4.90 Å². The van der Waals surface area contributed by atoms with Gasteiger partial charge in [-0.3, -0.25) is 4.90 Å². The first kappa shape index (κ1) is 12.6. The van der Waals surface area contributed by atoms with Gasteiger partial charge in [-0.05, 0) is 17.5 Å². The van der Waals surface area contributed by atoms with Crippen molar-refractivity contribution in [2.24, 2.45) is 5.73 Å². The predicted molar refractivity (Wildman–Crippen MR) is 69.6 cm³/mol. The molecule has 0 saturated carbocycles. The molecule has 0 bridgehead atoms. The maximum Gasteiger partial charge on any atom is 0.0659 e. The molecule has 0 aromatic heterocycles. The summed E-state index contributed by atoms with van der Waals surface area (Å²) in [5.41, 5.74) is 8.83. The van der Waals surface area contributed by atoms with Gasteiger partial charge in [-0.25, -0.2) is 0 Å². The van der Waals surface area contributed by atoms with Crippen LogP contribution in [0, 0.1) is 0 Å². The molecule has 1 unspecified atom stereocenters. The number of ether oxygens (including phenoxy) is 1. The number of nitrogens with zero attached hydrogens (tertiary/aromatic N) is 1. The zero-order chi connectivity index (χ0) is 12.3. The molecule has 94 valence electrons. The zero-order valence-electron chi connectivity index (χ0n) is 10.8. The molecule has 1 aliphatic rings. The number of hydrogen-bond acceptors (Lipinski definition) is 3. The van der Waals surface area contributed by atoms with Crippen molar-refractivity contribution in [2.75, 3.05) is 20.3 Å².